The van der Waals surface area contributed by atoms with Gasteiger partial charge in [-0.05, 0) is 0 Å². The number of ether oxygens (including phenoxy) is 1. The van der Waals surface area contributed by atoms with Gasteiger partial charge in [-0.1, -0.05) is 11.6 Å². The predicted molar refractivity (Wildman–Crippen MR) is 34.2 cm³/mol. The molecule has 0 bridgehead atoms. The first-order valence-electron chi connectivity index (χ1n) is 2.50. The number of imidazole rings is 1. The lowest BCUT2D eigenvalue weighted by molar-refractivity contribution is 0.163. The molecule has 1 unspecified atom stereocenters. The van der Waals surface area contributed by atoms with Crippen molar-refractivity contribution >= 4 is 11.6 Å². The molecular formula is C5H7ClN2O. The second kappa shape index (κ2) is 2.85. The Kier molecular flexibility index (Phi) is 2.08. The molecule has 0 radical (unpaired) electrons. The Morgan fingerprint density at radius 2 is 2.67 bits per heavy atom. The van der Waals surface area contributed by atoms with Gasteiger partial charge in [0.25, 0.3) is 0 Å². The van der Waals surface area contributed by atoms with Gasteiger partial charge in [0.15, 0.2) is 11.4 Å². The third-order valence-electron chi connectivity index (χ3n) is 0.941. The maximum absolute atomic E-state index is 5.62. The molecular weight excluding hydrogens is 140 g/mol. The molecule has 1 N–H and O–H groups in total. The van der Waals surface area contributed by atoms with Gasteiger partial charge >= 0.3 is 0 Å². The number of alkyl halides is 1. The van der Waals surface area contributed by atoms with E-state index < -0.39 is 5.56 Å². The summed E-state index contributed by atoms with van der Waals surface area (Å²) in [7, 11) is 1.53. The second-order valence-electron chi connectivity index (χ2n) is 1.53. The van der Waals surface area contributed by atoms with Crippen molar-refractivity contribution in [1.82, 2.24) is 9.97 Å². The molecule has 50 valence electrons. The smallest absolute Gasteiger partial charge is 0.188 e. The topological polar surface area (TPSA) is 37.9 Å². The van der Waals surface area contributed by atoms with Crippen molar-refractivity contribution in [3.05, 3.63) is 18.2 Å². The lowest BCUT2D eigenvalue weighted by atomic mass is 10.7. The molecule has 0 aliphatic rings. The molecule has 0 aliphatic carbocycles. The van der Waals surface area contributed by atoms with Crippen molar-refractivity contribution in [3.8, 4) is 0 Å². The highest BCUT2D eigenvalue weighted by molar-refractivity contribution is 6.19. The van der Waals surface area contributed by atoms with Crippen molar-refractivity contribution < 1.29 is 4.74 Å². The summed E-state index contributed by atoms with van der Waals surface area (Å²) < 4.78 is 4.77. The highest BCUT2D eigenvalue weighted by Crippen LogP contribution is 2.14. The number of hydrogen-bond donors (Lipinski definition) is 1. The number of aromatic nitrogens is 2. The van der Waals surface area contributed by atoms with Crippen molar-refractivity contribution in [1.29, 1.82) is 0 Å². The number of halogens is 1. The molecule has 3 nitrogen and oxygen atoms in total. The Labute approximate surface area is 58.0 Å². The van der Waals surface area contributed by atoms with Crippen LogP contribution in [0.3, 0.4) is 0 Å². The van der Waals surface area contributed by atoms with Gasteiger partial charge in [0, 0.05) is 19.5 Å². The van der Waals surface area contributed by atoms with E-state index in [4.69, 9.17) is 16.3 Å². The van der Waals surface area contributed by atoms with E-state index in [1.54, 1.807) is 12.4 Å². The van der Waals surface area contributed by atoms with Crippen LogP contribution in [0.1, 0.15) is 11.4 Å². The number of rotatable bonds is 2. The Morgan fingerprint density at radius 1 is 1.89 bits per heavy atom. The first-order valence-corrected chi connectivity index (χ1v) is 2.94. The Balaban J connectivity index is 2.65. The Morgan fingerprint density at radius 3 is 3.11 bits per heavy atom. The summed E-state index contributed by atoms with van der Waals surface area (Å²) in [5, 5.41) is 0. The van der Waals surface area contributed by atoms with Crippen LogP contribution in [0.5, 0.6) is 0 Å². The van der Waals surface area contributed by atoms with E-state index in [0.717, 1.165) is 0 Å². The van der Waals surface area contributed by atoms with Gasteiger partial charge in [-0.15, -0.1) is 0 Å². The Bertz CT molecular complexity index is 163. The number of H-pyrrole nitrogens is 1. The zero-order valence-corrected chi connectivity index (χ0v) is 5.72. The maximum atomic E-state index is 5.62. The molecule has 0 saturated heterocycles. The molecule has 1 rings (SSSR count). The largest absolute Gasteiger partial charge is 0.358 e. The van der Waals surface area contributed by atoms with Gasteiger partial charge in [0.1, 0.15) is 0 Å². The lowest BCUT2D eigenvalue weighted by Gasteiger charge is -2.00. The molecule has 1 heterocycles. The number of nitrogens with one attached hydrogen (secondary N) is 1. The summed E-state index contributed by atoms with van der Waals surface area (Å²) in [6.45, 7) is 0. The van der Waals surface area contributed by atoms with Gasteiger partial charge < -0.3 is 9.72 Å². The number of nitrogens with zero attached hydrogens (tertiary/aromatic N) is 1. The van der Waals surface area contributed by atoms with Crippen LogP contribution in [0.25, 0.3) is 0 Å². The van der Waals surface area contributed by atoms with E-state index in [1.807, 2.05) is 0 Å². The van der Waals surface area contributed by atoms with Gasteiger partial charge in [-0.3, -0.25) is 0 Å². The standard InChI is InChI=1S/C5H7ClN2O/c1-9-4(6)5-7-2-3-8-5/h2-4H,1H3,(H,7,8). The third-order valence-corrected chi connectivity index (χ3v) is 1.33. The molecule has 0 aromatic carbocycles. The minimum absolute atomic E-state index is 0.458. The molecule has 4 heteroatoms. The van der Waals surface area contributed by atoms with Gasteiger partial charge in [-0.25, -0.2) is 4.98 Å². The van der Waals surface area contributed by atoms with Crippen LogP contribution < -0.4 is 0 Å². The highest BCUT2D eigenvalue weighted by Gasteiger charge is 2.05. The average Bonchev–Trinajstić information content (AvgIpc) is 2.37. The molecule has 0 aliphatic heterocycles. The summed E-state index contributed by atoms with van der Waals surface area (Å²) in [5.41, 5.74) is -0.458. The average molecular weight is 147 g/mol. The molecule has 0 fully saturated rings. The molecule has 0 amide bonds. The van der Waals surface area contributed by atoms with Crippen LogP contribution in [-0.4, -0.2) is 17.1 Å². The molecule has 0 spiro atoms. The lowest BCUT2D eigenvalue weighted by Crippen LogP contribution is -1.94. The molecule has 0 saturated carbocycles. The van der Waals surface area contributed by atoms with E-state index >= 15 is 0 Å². The normalized spacial score (nSPS) is 13.6. The first-order chi connectivity index (χ1) is 4.34. The first kappa shape index (κ1) is 6.58. The van der Waals surface area contributed by atoms with E-state index in [0.29, 0.717) is 5.82 Å². The fourth-order valence-electron chi connectivity index (χ4n) is 0.513. The van der Waals surface area contributed by atoms with Gasteiger partial charge in [0.2, 0.25) is 0 Å². The summed E-state index contributed by atoms with van der Waals surface area (Å²) in [6.07, 6.45) is 3.33. The van der Waals surface area contributed by atoms with Crippen LogP contribution in [0.2, 0.25) is 0 Å². The number of aromatic amines is 1. The number of hydrogen-bond acceptors (Lipinski definition) is 2. The van der Waals surface area contributed by atoms with Crippen LogP contribution in [0, 0.1) is 0 Å². The maximum Gasteiger partial charge on any atom is 0.188 e. The fraction of sp³-hybridized carbons (Fsp3) is 0.400. The molecule has 1 aromatic heterocycles. The van der Waals surface area contributed by atoms with Crippen molar-refractivity contribution in [2.45, 2.75) is 5.56 Å². The quantitative estimate of drug-likeness (QED) is 0.639. The van der Waals surface area contributed by atoms with E-state index in [1.165, 1.54) is 7.11 Å². The highest BCUT2D eigenvalue weighted by atomic mass is 35.5. The van der Waals surface area contributed by atoms with E-state index in [9.17, 15) is 0 Å². The van der Waals surface area contributed by atoms with Crippen LogP contribution in [0.4, 0.5) is 0 Å². The number of methoxy groups -OCH3 is 1. The molecule has 1 atom stereocenters. The monoisotopic (exact) mass is 146 g/mol. The van der Waals surface area contributed by atoms with E-state index in [2.05, 4.69) is 9.97 Å². The predicted octanol–water partition coefficient (Wildman–Crippen LogP) is 1.29. The Hall–Kier alpha value is -0.540. The zero-order valence-electron chi connectivity index (χ0n) is 4.97. The summed E-state index contributed by atoms with van der Waals surface area (Å²) in [6, 6.07) is 0. The molecule has 9 heavy (non-hydrogen) atoms. The summed E-state index contributed by atoms with van der Waals surface area (Å²) in [5.74, 6) is 0.638. The van der Waals surface area contributed by atoms with Crippen LogP contribution in [-0.2, 0) is 4.74 Å². The third kappa shape index (κ3) is 1.43. The van der Waals surface area contributed by atoms with E-state index in [-0.39, 0.29) is 0 Å². The minimum Gasteiger partial charge on any atom is -0.358 e. The fourth-order valence-corrected chi connectivity index (χ4v) is 0.633. The zero-order chi connectivity index (χ0) is 6.69. The summed E-state index contributed by atoms with van der Waals surface area (Å²) >= 11 is 5.62. The SMILES string of the molecule is COC(Cl)c1ncc[nH]1. The molecule has 1 aromatic rings. The van der Waals surface area contributed by atoms with Crippen molar-refractivity contribution in [2.24, 2.45) is 0 Å². The van der Waals surface area contributed by atoms with Crippen LogP contribution >= 0.6 is 11.6 Å². The van der Waals surface area contributed by atoms with Gasteiger partial charge in [-0.2, -0.15) is 0 Å². The second-order valence-corrected chi connectivity index (χ2v) is 1.92. The van der Waals surface area contributed by atoms with Crippen molar-refractivity contribution in [3.63, 3.8) is 0 Å². The minimum atomic E-state index is -0.458. The van der Waals surface area contributed by atoms with Crippen molar-refractivity contribution in [2.75, 3.05) is 7.11 Å². The van der Waals surface area contributed by atoms with Gasteiger partial charge in [0.05, 0.1) is 0 Å². The van der Waals surface area contributed by atoms with Crippen LogP contribution in [0.15, 0.2) is 12.4 Å². The summed E-state index contributed by atoms with van der Waals surface area (Å²) in [4.78, 5) is 6.69.